The first-order valence-electron chi connectivity index (χ1n) is 8.31. The summed E-state index contributed by atoms with van der Waals surface area (Å²) in [7, 11) is 0. The Balaban J connectivity index is 1.48. The third-order valence-corrected chi connectivity index (χ3v) is 4.83. The number of likely N-dealkylation sites (tertiary alicyclic amines) is 1. The molecule has 1 N–H and O–H groups in total. The van der Waals surface area contributed by atoms with Crippen molar-refractivity contribution in [1.29, 1.82) is 0 Å². The second kappa shape index (κ2) is 8.16. The topological polar surface area (TPSA) is 15.3 Å². The summed E-state index contributed by atoms with van der Waals surface area (Å²) >= 11 is 0. The van der Waals surface area contributed by atoms with Crippen molar-refractivity contribution in [2.45, 2.75) is 58.3 Å². The summed E-state index contributed by atoms with van der Waals surface area (Å²) in [5.41, 5.74) is 0. The van der Waals surface area contributed by atoms with Crippen LogP contribution < -0.4 is 5.32 Å². The number of nitrogens with one attached hydrogen (secondary N) is 1. The van der Waals surface area contributed by atoms with Gasteiger partial charge >= 0.3 is 0 Å². The summed E-state index contributed by atoms with van der Waals surface area (Å²) in [6.07, 6.45) is 11.6. The van der Waals surface area contributed by atoms with E-state index in [0.717, 1.165) is 11.8 Å². The van der Waals surface area contributed by atoms with Crippen molar-refractivity contribution in [2.75, 3.05) is 32.7 Å². The second-order valence-corrected chi connectivity index (χ2v) is 6.45. The third-order valence-electron chi connectivity index (χ3n) is 4.83. The van der Waals surface area contributed by atoms with Gasteiger partial charge in [0.05, 0.1) is 0 Å². The van der Waals surface area contributed by atoms with Crippen LogP contribution in [0.25, 0.3) is 0 Å². The first-order chi connectivity index (χ1) is 8.88. The van der Waals surface area contributed by atoms with Crippen LogP contribution in [0, 0.1) is 11.8 Å². The predicted octanol–water partition coefficient (Wildman–Crippen LogP) is 3.28. The van der Waals surface area contributed by atoms with Gasteiger partial charge in [-0.1, -0.05) is 32.6 Å². The third kappa shape index (κ3) is 4.89. The molecule has 1 atom stereocenters. The SMILES string of the molecule is CCCC1CCN(CCNCC2CCCCC2)C1. The maximum Gasteiger partial charge on any atom is 0.0107 e. The lowest BCUT2D eigenvalue weighted by atomic mass is 9.89. The fraction of sp³-hybridized carbons (Fsp3) is 1.00. The maximum atomic E-state index is 3.69. The largest absolute Gasteiger partial charge is 0.315 e. The molecule has 0 aromatic carbocycles. The average molecular weight is 252 g/mol. The van der Waals surface area contributed by atoms with Crippen LogP contribution in [0.4, 0.5) is 0 Å². The second-order valence-electron chi connectivity index (χ2n) is 6.45. The number of rotatable bonds is 7. The van der Waals surface area contributed by atoms with Gasteiger partial charge in [-0.15, -0.1) is 0 Å². The van der Waals surface area contributed by atoms with Gasteiger partial charge in [0.1, 0.15) is 0 Å². The highest BCUT2D eigenvalue weighted by molar-refractivity contribution is 4.76. The van der Waals surface area contributed by atoms with E-state index in [1.807, 2.05) is 0 Å². The van der Waals surface area contributed by atoms with Crippen LogP contribution in [-0.4, -0.2) is 37.6 Å². The van der Waals surface area contributed by atoms with Gasteiger partial charge in [0.2, 0.25) is 0 Å². The minimum Gasteiger partial charge on any atom is -0.315 e. The van der Waals surface area contributed by atoms with Crippen molar-refractivity contribution in [3.63, 3.8) is 0 Å². The zero-order chi connectivity index (χ0) is 12.6. The summed E-state index contributed by atoms with van der Waals surface area (Å²) in [4.78, 5) is 2.66. The first kappa shape index (κ1) is 14.3. The molecular weight excluding hydrogens is 220 g/mol. The van der Waals surface area contributed by atoms with E-state index in [1.165, 1.54) is 84.1 Å². The van der Waals surface area contributed by atoms with Gasteiger partial charge in [-0.3, -0.25) is 0 Å². The zero-order valence-corrected chi connectivity index (χ0v) is 12.3. The smallest absolute Gasteiger partial charge is 0.0107 e. The van der Waals surface area contributed by atoms with Crippen molar-refractivity contribution >= 4 is 0 Å². The van der Waals surface area contributed by atoms with Crippen molar-refractivity contribution in [3.05, 3.63) is 0 Å². The first-order valence-corrected chi connectivity index (χ1v) is 8.31. The highest BCUT2D eigenvalue weighted by Gasteiger charge is 2.21. The number of nitrogens with zero attached hydrogens (tertiary/aromatic N) is 1. The fourth-order valence-electron chi connectivity index (χ4n) is 3.69. The zero-order valence-electron chi connectivity index (χ0n) is 12.3. The van der Waals surface area contributed by atoms with Crippen LogP contribution in [0.3, 0.4) is 0 Å². The monoisotopic (exact) mass is 252 g/mol. The Labute approximate surface area is 114 Å². The van der Waals surface area contributed by atoms with Gasteiger partial charge in [-0.25, -0.2) is 0 Å². The molecule has 2 rings (SSSR count). The van der Waals surface area contributed by atoms with E-state index in [1.54, 1.807) is 0 Å². The molecule has 2 aliphatic rings. The Kier molecular flexibility index (Phi) is 6.50. The number of hydrogen-bond donors (Lipinski definition) is 1. The molecule has 2 fully saturated rings. The summed E-state index contributed by atoms with van der Waals surface area (Å²) in [5.74, 6) is 1.97. The van der Waals surface area contributed by atoms with Crippen LogP contribution >= 0.6 is 0 Å². The van der Waals surface area contributed by atoms with E-state index < -0.39 is 0 Å². The average Bonchev–Trinajstić information content (AvgIpc) is 2.84. The Morgan fingerprint density at radius 3 is 2.67 bits per heavy atom. The molecule has 1 aliphatic heterocycles. The lowest BCUT2D eigenvalue weighted by Gasteiger charge is -2.22. The van der Waals surface area contributed by atoms with Crippen molar-refractivity contribution < 1.29 is 0 Å². The molecule has 0 aromatic heterocycles. The summed E-state index contributed by atoms with van der Waals surface area (Å²) in [6.45, 7) is 8.76. The molecule has 1 unspecified atom stereocenters. The van der Waals surface area contributed by atoms with Crippen LogP contribution in [0.2, 0.25) is 0 Å². The van der Waals surface area contributed by atoms with E-state index in [0.29, 0.717) is 0 Å². The quantitative estimate of drug-likeness (QED) is 0.700. The van der Waals surface area contributed by atoms with Gasteiger partial charge in [0.15, 0.2) is 0 Å². The van der Waals surface area contributed by atoms with Crippen molar-refractivity contribution in [2.24, 2.45) is 11.8 Å². The lowest BCUT2D eigenvalue weighted by Crippen LogP contribution is -2.33. The molecule has 0 aromatic rings. The molecular formula is C16H32N2. The van der Waals surface area contributed by atoms with E-state index in [9.17, 15) is 0 Å². The molecule has 0 radical (unpaired) electrons. The molecule has 0 amide bonds. The summed E-state index contributed by atoms with van der Waals surface area (Å²) < 4.78 is 0. The van der Waals surface area contributed by atoms with Crippen LogP contribution in [0.1, 0.15) is 58.3 Å². The van der Waals surface area contributed by atoms with E-state index >= 15 is 0 Å². The fourth-order valence-corrected chi connectivity index (χ4v) is 3.69. The van der Waals surface area contributed by atoms with E-state index in [4.69, 9.17) is 0 Å². The molecule has 1 aliphatic carbocycles. The molecule has 0 bridgehead atoms. The standard InChI is InChI=1S/C16H32N2/c1-2-6-16-9-11-18(14-16)12-10-17-13-15-7-4-3-5-8-15/h15-17H,2-14H2,1H3. The molecule has 2 nitrogen and oxygen atoms in total. The van der Waals surface area contributed by atoms with E-state index in [2.05, 4.69) is 17.1 Å². The van der Waals surface area contributed by atoms with Gasteiger partial charge in [0.25, 0.3) is 0 Å². The molecule has 2 heteroatoms. The Bertz CT molecular complexity index is 211. The highest BCUT2D eigenvalue weighted by Crippen LogP contribution is 2.23. The Morgan fingerprint density at radius 2 is 1.89 bits per heavy atom. The van der Waals surface area contributed by atoms with Gasteiger partial charge in [-0.05, 0) is 50.6 Å². The van der Waals surface area contributed by atoms with Crippen molar-refractivity contribution in [1.82, 2.24) is 10.2 Å². The van der Waals surface area contributed by atoms with Crippen LogP contribution in [0.5, 0.6) is 0 Å². The van der Waals surface area contributed by atoms with Gasteiger partial charge in [-0.2, -0.15) is 0 Å². The predicted molar refractivity (Wildman–Crippen MR) is 78.9 cm³/mol. The van der Waals surface area contributed by atoms with Crippen molar-refractivity contribution in [3.8, 4) is 0 Å². The molecule has 18 heavy (non-hydrogen) atoms. The molecule has 106 valence electrons. The van der Waals surface area contributed by atoms with Gasteiger partial charge in [0, 0.05) is 19.6 Å². The Hall–Kier alpha value is -0.0800. The summed E-state index contributed by atoms with van der Waals surface area (Å²) in [6, 6.07) is 0. The minimum absolute atomic E-state index is 0.977. The number of hydrogen-bond acceptors (Lipinski definition) is 2. The van der Waals surface area contributed by atoms with Crippen LogP contribution in [0.15, 0.2) is 0 Å². The summed E-state index contributed by atoms with van der Waals surface area (Å²) in [5, 5.41) is 3.69. The Morgan fingerprint density at radius 1 is 1.06 bits per heavy atom. The van der Waals surface area contributed by atoms with E-state index in [-0.39, 0.29) is 0 Å². The normalized spacial score (nSPS) is 26.8. The van der Waals surface area contributed by atoms with Gasteiger partial charge < -0.3 is 10.2 Å². The highest BCUT2D eigenvalue weighted by atomic mass is 15.2. The molecule has 1 heterocycles. The maximum absolute atomic E-state index is 3.69. The molecule has 1 saturated carbocycles. The lowest BCUT2D eigenvalue weighted by molar-refractivity contribution is 0.301. The molecule has 1 saturated heterocycles. The molecule has 0 spiro atoms. The van der Waals surface area contributed by atoms with Crippen LogP contribution in [-0.2, 0) is 0 Å². The minimum atomic E-state index is 0.977.